The van der Waals surface area contributed by atoms with E-state index in [4.69, 9.17) is 4.74 Å². The van der Waals surface area contributed by atoms with Crippen LogP contribution in [-0.4, -0.2) is 41.4 Å². The quantitative estimate of drug-likeness (QED) is 0.785. The highest BCUT2D eigenvalue weighted by molar-refractivity contribution is 9.09. The SMILES string of the molecule is CC1CN(C(=O)c2ccc(F)cc2)CC(CBr)O1. The number of amides is 1. The van der Waals surface area contributed by atoms with Crippen LogP contribution in [0.2, 0.25) is 0 Å². The van der Waals surface area contributed by atoms with Gasteiger partial charge in [-0.3, -0.25) is 4.79 Å². The molecule has 0 saturated carbocycles. The van der Waals surface area contributed by atoms with Crippen molar-refractivity contribution in [3.05, 3.63) is 35.6 Å². The monoisotopic (exact) mass is 315 g/mol. The highest BCUT2D eigenvalue weighted by atomic mass is 79.9. The highest BCUT2D eigenvalue weighted by Crippen LogP contribution is 2.16. The third-order valence-electron chi connectivity index (χ3n) is 2.88. The number of morpholine rings is 1. The van der Waals surface area contributed by atoms with Gasteiger partial charge in [-0.05, 0) is 31.2 Å². The van der Waals surface area contributed by atoms with Gasteiger partial charge in [-0.25, -0.2) is 4.39 Å². The fourth-order valence-corrected chi connectivity index (χ4v) is 2.43. The van der Waals surface area contributed by atoms with Gasteiger partial charge in [0.05, 0.1) is 12.2 Å². The van der Waals surface area contributed by atoms with E-state index in [0.29, 0.717) is 24.0 Å². The molecule has 1 amide bonds. The van der Waals surface area contributed by atoms with Crippen molar-refractivity contribution < 1.29 is 13.9 Å². The third-order valence-corrected chi connectivity index (χ3v) is 3.60. The van der Waals surface area contributed by atoms with Crippen molar-refractivity contribution >= 4 is 21.8 Å². The second-order valence-electron chi connectivity index (χ2n) is 4.44. The maximum absolute atomic E-state index is 12.8. The van der Waals surface area contributed by atoms with Crippen molar-refractivity contribution in [2.45, 2.75) is 19.1 Å². The van der Waals surface area contributed by atoms with Gasteiger partial charge < -0.3 is 9.64 Å². The number of hydrogen-bond donors (Lipinski definition) is 0. The van der Waals surface area contributed by atoms with Gasteiger partial charge >= 0.3 is 0 Å². The summed E-state index contributed by atoms with van der Waals surface area (Å²) < 4.78 is 18.5. The van der Waals surface area contributed by atoms with Crippen LogP contribution in [0.25, 0.3) is 0 Å². The Balaban J connectivity index is 2.10. The molecule has 2 rings (SSSR count). The van der Waals surface area contributed by atoms with Crippen molar-refractivity contribution in [1.82, 2.24) is 4.90 Å². The first-order chi connectivity index (χ1) is 8.60. The lowest BCUT2D eigenvalue weighted by Crippen LogP contribution is -2.49. The second-order valence-corrected chi connectivity index (χ2v) is 5.09. The van der Waals surface area contributed by atoms with Gasteiger partial charge in [0.25, 0.3) is 5.91 Å². The average Bonchev–Trinajstić information content (AvgIpc) is 2.38. The van der Waals surface area contributed by atoms with Gasteiger partial charge in [-0.15, -0.1) is 0 Å². The molecule has 2 atom stereocenters. The predicted octanol–water partition coefficient (Wildman–Crippen LogP) is 2.45. The molecule has 0 radical (unpaired) electrons. The fourth-order valence-electron chi connectivity index (χ4n) is 2.07. The normalized spacial score (nSPS) is 24.1. The zero-order valence-electron chi connectivity index (χ0n) is 10.1. The summed E-state index contributed by atoms with van der Waals surface area (Å²) in [5.41, 5.74) is 0.513. The van der Waals surface area contributed by atoms with E-state index < -0.39 is 0 Å². The first-order valence-corrected chi connectivity index (χ1v) is 6.98. The molecule has 0 aromatic heterocycles. The van der Waals surface area contributed by atoms with Crippen LogP contribution in [-0.2, 0) is 4.74 Å². The van der Waals surface area contributed by atoms with Crippen molar-refractivity contribution in [1.29, 1.82) is 0 Å². The van der Waals surface area contributed by atoms with Crippen molar-refractivity contribution in [2.75, 3.05) is 18.4 Å². The molecule has 1 heterocycles. The first-order valence-electron chi connectivity index (χ1n) is 5.86. The summed E-state index contributed by atoms with van der Waals surface area (Å²) in [6.45, 7) is 3.07. The average molecular weight is 316 g/mol. The summed E-state index contributed by atoms with van der Waals surface area (Å²) in [6.07, 6.45) is 0.0313. The Labute approximate surface area is 114 Å². The summed E-state index contributed by atoms with van der Waals surface area (Å²) in [5.74, 6) is -0.406. The molecule has 1 aliphatic rings. The molecule has 1 aromatic rings. The van der Waals surface area contributed by atoms with Crippen molar-refractivity contribution in [3.63, 3.8) is 0 Å². The number of carbonyl (C=O) groups is 1. The summed E-state index contributed by atoms with van der Waals surface area (Å²) in [7, 11) is 0. The minimum absolute atomic E-state index is 0.0122. The minimum Gasteiger partial charge on any atom is -0.371 e. The molecule has 0 N–H and O–H groups in total. The topological polar surface area (TPSA) is 29.5 Å². The number of halogens is 2. The maximum atomic E-state index is 12.8. The largest absolute Gasteiger partial charge is 0.371 e. The molecule has 1 fully saturated rings. The fraction of sp³-hybridized carbons (Fsp3) is 0.462. The zero-order chi connectivity index (χ0) is 13.1. The van der Waals surface area contributed by atoms with Crippen LogP contribution >= 0.6 is 15.9 Å². The maximum Gasteiger partial charge on any atom is 0.254 e. The molecule has 18 heavy (non-hydrogen) atoms. The Morgan fingerprint density at radius 3 is 2.72 bits per heavy atom. The van der Waals surface area contributed by atoms with Crippen LogP contribution < -0.4 is 0 Å². The Morgan fingerprint density at radius 1 is 1.44 bits per heavy atom. The van der Waals surface area contributed by atoms with Crippen LogP contribution in [0.15, 0.2) is 24.3 Å². The van der Waals surface area contributed by atoms with E-state index in [0.717, 1.165) is 0 Å². The number of carbonyl (C=O) groups excluding carboxylic acids is 1. The molecule has 1 aliphatic heterocycles. The smallest absolute Gasteiger partial charge is 0.254 e. The van der Waals surface area contributed by atoms with Crippen molar-refractivity contribution in [3.8, 4) is 0 Å². The van der Waals surface area contributed by atoms with Crippen LogP contribution in [0.3, 0.4) is 0 Å². The Kier molecular flexibility index (Phi) is 4.35. The number of ether oxygens (including phenoxy) is 1. The van der Waals surface area contributed by atoms with Gasteiger partial charge in [0, 0.05) is 24.0 Å². The van der Waals surface area contributed by atoms with Crippen LogP contribution in [0.5, 0.6) is 0 Å². The van der Waals surface area contributed by atoms with Crippen LogP contribution in [0.1, 0.15) is 17.3 Å². The molecule has 2 unspecified atom stereocenters. The molecule has 1 aromatic carbocycles. The lowest BCUT2D eigenvalue weighted by Gasteiger charge is -2.36. The standard InChI is InChI=1S/C13H15BrFNO2/c1-9-7-16(8-12(6-14)18-9)13(17)10-2-4-11(15)5-3-10/h2-5,9,12H,6-8H2,1H3. The van der Waals surface area contributed by atoms with Gasteiger partial charge in [-0.1, -0.05) is 15.9 Å². The van der Waals surface area contributed by atoms with Gasteiger partial charge in [0.1, 0.15) is 5.82 Å². The number of alkyl halides is 1. The van der Waals surface area contributed by atoms with Crippen LogP contribution in [0, 0.1) is 5.82 Å². The number of rotatable bonds is 2. The van der Waals surface area contributed by atoms with Gasteiger partial charge in [0.15, 0.2) is 0 Å². The molecule has 0 bridgehead atoms. The summed E-state index contributed by atoms with van der Waals surface area (Å²) in [6, 6.07) is 5.64. The lowest BCUT2D eigenvalue weighted by atomic mass is 10.1. The molecule has 5 heteroatoms. The molecule has 0 aliphatic carbocycles. The predicted molar refractivity (Wildman–Crippen MR) is 70.4 cm³/mol. The second kappa shape index (κ2) is 5.80. The highest BCUT2D eigenvalue weighted by Gasteiger charge is 2.28. The number of hydrogen-bond acceptors (Lipinski definition) is 2. The Bertz CT molecular complexity index is 424. The zero-order valence-corrected chi connectivity index (χ0v) is 11.7. The first kappa shape index (κ1) is 13.5. The Morgan fingerprint density at radius 2 is 2.11 bits per heavy atom. The molecule has 98 valence electrons. The summed E-state index contributed by atoms with van der Waals surface area (Å²) in [4.78, 5) is 14.0. The van der Waals surface area contributed by atoms with E-state index in [1.165, 1.54) is 24.3 Å². The molecule has 1 saturated heterocycles. The van der Waals surface area contributed by atoms with E-state index in [1.807, 2.05) is 6.92 Å². The molecule has 3 nitrogen and oxygen atoms in total. The summed E-state index contributed by atoms with van der Waals surface area (Å²) >= 11 is 3.37. The van der Waals surface area contributed by atoms with E-state index in [2.05, 4.69) is 15.9 Å². The van der Waals surface area contributed by atoms with Crippen LogP contribution in [0.4, 0.5) is 4.39 Å². The summed E-state index contributed by atoms with van der Waals surface area (Å²) in [5, 5.41) is 0.699. The van der Waals surface area contributed by atoms with E-state index in [1.54, 1.807) is 4.90 Å². The molecular formula is C13H15BrFNO2. The van der Waals surface area contributed by atoms with Gasteiger partial charge in [-0.2, -0.15) is 0 Å². The van der Waals surface area contributed by atoms with Crippen molar-refractivity contribution in [2.24, 2.45) is 0 Å². The number of benzene rings is 1. The van der Waals surface area contributed by atoms with E-state index in [9.17, 15) is 9.18 Å². The third kappa shape index (κ3) is 3.09. The van der Waals surface area contributed by atoms with E-state index >= 15 is 0 Å². The Hall–Kier alpha value is -0.940. The molecule has 0 spiro atoms. The lowest BCUT2D eigenvalue weighted by molar-refractivity contribution is -0.0559. The minimum atomic E-state index is -0.333. The van der Waals surface area contributed by atoms with E-state index in [-0.39, 0.29) is 23.9 Å². The number of nitrogens with zero attached hydrogens (tertiary/aromatic N) is 1. The van der Waals surface area contributed by atoms with Gasteiger partial charge in [0.2, 0.25) is 0 Å². The molecular weight excluding hydrogens is 301 g/mol.